The van der Waals surface area contributed by atoms with Crippen molar-refractivity contribution in [2.24, 2.45) is 0 Å². The number of benzene rings is 2. The molecule has 4 rings (SSSR count). The summed E-state index contributed by atoms with van der Waals surface area (Å²) in [5, 5.41) is 0. The van der Waals surface area contributed by atoms with Crippen LogP contribution in [0.15, 0.2) is 73.1 Å². The third kappa shape index (κ3) is 4.85. The molecule has 0 radical (unpaired) electrons. The maximum Gasteiger partial charge on any atom is 0.163 e. The summed E-state index contributed by atoms with van der Waals surface area (Å²) in [6, 6.07) is 11.0. The topological polar surface area (TPSA) is 23.6 Å². The molecule has 2 aromatic carbocycles. The van der Waals surface area contributed by atoms with Crippen molar-refractivity contribution in [3.8, 4) is 11.1 Å². The van der Waals surface area contributed by atoms with E-state index in [-0.39, 0.29) is 5.78 Å². The van der Waals surface area contributed by atoms with Gasteiger partial charge in [0, 0.05) is 36.6 Å². The van der Waals surface area contributed by atoms with Crippen molar-refractivity contribution in [1.29, 1.82) is 0 Å². The van der Waals surface area contributed by atoms with Gasteiger partial charge in [-0.3, -0.25) is 4.79 Å². The Morgan fingerprint density at radius 3 is 2.59 bits per heavy atom. The summed E-state index contributed by atoms with van der Waals surface area (Å²) in [4.78, 5) is 17.2. The third-order valence-corrected chi connectivity index (χ3v) is 7.02. The highest BCUT2D eigenvalue weighted by Gasteiger charge is 2.27. The van der Waals surface area contributed by atoms with E-state index in [1.165, 1.54) is 33.4 Å². The van der Waals surface area contributed by atoms with E-state index in [1.807, 2.05) is 25.3 Å². The fraction of sp³-hybridized carbons (Fsp3) is 0.323. The summed E-state index contributed by atoms with van der Waals surface area (Å²) in [6.45, 7) is 13.5. The van der Waals surface area contributed by atoms with Crippen molar-refractivity contribution in [3.05, 3.63) is 95.4 Å². The Morgan fingerprint density at radius 1 is 1.03 bits per heavy atom. The minimum atomic E-state index is 0.273. The van der Waals surface area contributed by atoms with E-state index in [0.717, 1.165) is 50.1 Å². The van der Waals surface area contributed by atoms with Crippen LogP contribution >= 0.6 is 0 Å². The lowest BCUT2D eigenvalue weighted by molar-refractivity contribution is 0.0994. The highest BCUT2D eigenvalue weighted by atomic mass is 16.1. The number of allylic oxidation sites excluding steroid dienone is 3. The molecule has 0 saturated carbocycles. The van der Waals surface area contributed by atoms with Crippen LogP contribution in [-0.4, -0.2) is 30.3 Å². The summed E-state index contributed by atoms with van der Waals surface area (Å²) < 4.78 is 0. The third-order valence-electron chi connectivity index (χ3n) is 7.02. The van der Waals surface area contributed by atoms with Crippen molar-refractivity contribution < 1.29 is 4.79 Å². The van der Waals surface area contributed by atoms with Gasteiger partial charge in [0.25, 0.3) is 0 Å². The number of carbonyl (C=O) groups is 1. The molecule has 0 heterocycles. The standard InChI is InChI=1S/C31H36N2O/c1-5-9-18-33(17-6-2)26-12-10-24-20-23(16-19-32(7-3)8-4)21-25-11-13-27-28(14-15-30(27)34)31(25)29(24)22-26/h5-6,9-13,17-18,21-22H,1,7-8,14-16,19-20H2,2-4H3. The highest BCUT2D eigenvalue weighted by molar-refractivity contribution is 6.04. The molecule has 0 atom stereocenters. The number of Topliss-reactive ketones (excluding diaryl/α,β-unsaturated/α-hetero) is 1. The summed E-state index contributed by atoms with van der Waals surface area (Å²) in [7, 11) is 0. The number of fused-ring (bicyclic) bond motifs is 5. The van der Waals surface area contributed by atoms with Crippen molar-refractivity contribution in [2.45, 2.75) is 46.5 Å². The van der Waals surface area contributed by atoms with E-state index in [1.54, 1.807) is 6.08 Å². The van der Waals surface area contributed by atoms with Crippen molar-refractivity contribution in [2.75, 3.05) is 24.5 Å². The molecule has 2 aliphatic rings. The molecule has 3 nitrogen and oxygen atoms in total. The number of nitrogens with zero attached hydrogens (tertiary/aromatic N) is 2. The maximum absolute atomic E-state index is 12.6. The van der Waals surface area contributed by atoms with E-state index < -0.39 is 0 Å². The molecule has 0 bridgehead atoms. The molecule has 0 amide bonds. The molecule has 176 valence electrons. The summed E-state index contributed by atoms with van der Waals surface area (Å²) in [5.41, 5.74) is 9.80. The van der Waals surface area contributed by atoms with Crippen molar-refractivity contribution >= 4 is 17.5 Å². The molecule has 0 saturated heterocycles. The Morgan fingerprint density at radius 2 is 1.85 bits per heavy atom. The first-order valence-corrected chi connectivity index (χ1v) is 12.5. The summed E-state index contributed by atoms with van der Waals surface area (Å²) in [5.74, 6) is 0.273. The van der Waals surface area contributed by atoms with Gasteiger partial charge >= 0.3 is 0 Å². The normalized spacial score (nSPS) is 14.8. The number of carbonyl (C=O) groups excluding carboxylic acids is 1. The van der Waals surface area contributed by atoms with Crippen LogP contribution in [-0.2, 0) is 12.8 Å². The highest BCUT2D eigenvalue weighted by Crippen LogP contribution is 2.42. The number of anilines is 1. The van der Waals surface area contributed by atoms with Crippen molar-refractivity contribution in [3.63, 3.8) is 0 Å². The maximum atomic E-state index is 12.6. The van der Waals surface area contributed by atoms with Gasteiger partial charge in [-0.2, -0.15) is 0 Å². The van der Waals surface area contributed by atoms with E-state index in [0.29, 0.717) is 6.42 Å². The molecular formula is C31H36N2O. The van der Waals surface area contributed by atoms with Gasteiger partial charge in [0.2, 0.25) is 0 Å². The van der Waals surface area contributed by atoms with Crippen LogP contribution in [0, 0.1) is 0 Å². The quantitative estimate of drug-likeness (QED) is 0.376. The van der Waals surface area contributed by atoms with Gasteiger partial charge in [0.1, 0.15) is 0 Å². The first kappa shape index (κ1) is 24.0. The van der Waals surface area contributed by atoms with Crippen LogP contribution in [0.5, 0.6) is 0 Å². The minimum Gasteiger partial charge on any atom is -0.324 e. The van der Waals surface area contributed by atoms with Crippen LogP contribution in [0.1, 0.15) is 60.7 Å². The Bertz CT molecular complexity index is 1160. The van der Waals surface area contributed by atoms with Crippen LogP contribution in [0.2, 0.25) is 0 Å². The zero-order valence-corrected chi connectivity index (χ0v) is 20.8. The first-order valence-electron chi connectivity index (χ1n) is 12.5. The van der Waals surface area contributed by atoms with Gasteiger partial charge in [-0.15, -0.1) is 0 Å². The predicted octanol–water partition coefficient (Wildman–Crippen LogP) is 7.19. The molecule has 0 N–H and O–H groups in total. The summed E-state index contributed by atoms with van der Waals surface area (Å²) >= 11 is 0. The minimum absolute atomic E-state index is 0.273. The van der Waals surface area contributed by atoms with E-state index in [9.17, 15) is 4.79 Å². The number of hydrogen-bond donors (Lipinski definition) is 0. The SMILES string of the molecule is C=CC=CN(C=CC)c1ccc2c(c1)-c1c(ccc3c1CCC3=O)C=C(CCN(CC)CC)C2. The average Bonchev–Trinajstić information content (AvgIpc) is 3.14. The Labute approximate surface area is 204 Å². The fourth-order valence-electron chi connectivity index (χ4n) is 5.16. The van der Waals surface area contributed by atoms with Crippen LogP contribution in [0.4, 0.5) is 5.69 Å². The largest absolute Gasteiger partial charge is 0.324 e. The Kier molecular flexibility index (Phi) is 7.64. The fourth-order valence-corrected chi connectivity index (χ4v) is 5.16. The average molecular weight is 453 g/mol. The van der Waals surface area contributed by atoms with Gasteiger partial charge in [0.15, 0.2) is 5.78 Å². The van der Waals surface area contributed by atoms with Crippen LogP contribution in [0.25, 0.3) is 17.2 Å². The second kappa shape index (κ2) is 10.8. The van der Waals surface area contributed by atoms with E-state index in [4.69, 9.17) is 0 Å². The molecule has 34 heavy (non-hydrogen) atoms. The molecule has 0 fully saturated rings. The molecule has 0 aromatic heterocycles. The molecule has 0 unspecified atom stereocenters. The van der Waals surface area contributed by atoms with Gasteiger partial charge in [-0.25, -0.2) is 0 Å². The smallest absolute Gasteiger partial charge is 0.163 e. The van der Waals surface area contributed by atoms with Crippen LogP contribution in [0.3, 0.4) is 0 Å². The second-order valence-electron chi connectivity index (χ2n) is 9.04. The number of hydrogen-bond acceptors (Lipinski definition) is 3. The second-order valence-corrected chi connectivity index (χ2v) is 9.04. The lowest BCUT2D eigenvalue weighted by Crippen LogP contribution is -2.24. The first-order chi connectivity index (χ1) is 16.6. The predicted molar refractivity (Wildman–Crippen MR) is 145 cm³/mol. The van der Waals surface area contributed by atoms with Gasteiger partial charge in [0.05, 0.1) is 0 Å². The number of ketones is 1. The Hall–Kier alpha value is -3.17. The summed E-state index contributed by atoms with van der Waals surface area (Å²) in [6.07, 6.45) is 15.7. The Balaban J connectivity index is 1.84. The molecule has 0 aliphatic heterocycles. The molecule has 3 heteroatoms. The van der Waals surface area contributed by atoms with Crippen molar-refractivity contribution in [1.82, 2.24) is 4.90 Å². The lowest BCUT2D eigenvalue weighted by Gasteiger charge is -2.20. The van der Waals surface area contributed by atoms with E-state index >= 15 is 0 Å². The van der Waals surface area contributed by atoms with Crippen LogP contribution < -0.4 is 4.90 Å². The monoisotopic (exact) mass is 452 g/mol. The zero-order valence-electron chi connectivity index (χ0n) is 20.8. The molecule has 2 aromatic rings. The van der Waals surface area contributed by atoms with Gasteiger partial charge in [-0.1, -0.05) is 62.4 Å². The molecule has 2 aliphatic carbocycles. The zero-order chi connectivity index (χ0) is 24.1. The molecular weight excluding hydrogens is 416 g/mol. The van der Waals surface area contributed by atoms with Gasteiger partial charge < -0.3 is 9.80 Å². The van der Waals surface area contributed by atoms with E-state index in [2.05, 4.69) is 72.8 Å². The van der Waals surface area contributed by atoms with Gasteiger partial charge in [-0.05, 0) is 85.3 Å². The lowest BCUT2D eigenvalue weighted by atomic mass is 9.89. The number of rotatable bonds is 9. The molecule has 0 spiro atoms.